The number of aryl methyl sites for hydroxylation is 1. The molecule has 1 aliphatic carbocycles. The van der Waals surface area contributed by atoms with Crippen molar-refractivity contribution in [3.8, 4) is 0 Å². The van der Waals surface area contributed by atoms with Crippen LogP contribution in [-0.2, 0) is 0 Å². The standard InChI is InChI=1S/C13H19FN2/c1-9-8-11(5-6-12(9)14)13(16-15)7-4-10-2-3-10/h5-6,8,10,13,16H,2-4,7,15H2,1H3. The highest BCUT2D eigenvalue weighted by molar-refractivity contribution is 5.26. The number of hydrazine groups is 1. The number of hydrogen-bond donors (Lipinski definition) is 2. The van der Waals surface area contributed by atoms with E-state index in [-0.39, 0.29) is 11.9 Å². The summed E-state index contributed by atoms with van der Waals surface area (Å²) in [6.07, 6.45) is 4.97. The van der Waals surface area contributed by atoms with Crippen LogP contribution in [0, 0.1) is 18.7 Å². The van der Waals surface area contributed by atoms with Crippen molar-refractivity contribution < 1.29 is 4.39 Å². The molecule has 3 N–H and O–H groups in total. The predicted octanol–water partition coefficient (Wildman–Crippen LogP) is 2.83. The first-order valence-electron chi connectivity index (χ1n) is 5.93. The molecule has 0 aliphatic heterocycles. The van der Waals surface area contributed by atoms with Crippen LogP contribution in [0.3, 0.4) is 0 Å². The first-order chi connectivity index (χ1) is 7.70. The van der Waals surface area contributed by atoms with Crippen molar-refractivity contribution in [1.82, 2.24) is 5.43 Å². The number of nitrogens with two attached hydrogens (primary N) is 1. The van der Waals surface area contributed by atoms with E-state index in [1.54, 1.807) is 6.92 Å². The summed E-state index contributed by atoms with van der Waals surface area (Å²) in [5, 5.41) is 0. The Hall–Kier alpha value is -0.930. The second kappa shape index (κ2) is 4.93. The van der Waals surface area contributed by atoms with Gasteiger partial charge in [0, 0.05) is 6.04 Å². The zero-order valence-corrected chi connectivity index (χ0v) is 9.67. The van der Waals surface area contributed by atoms with Crippen molar-refractivity contribution in [2.24, 2.45) is 11.8 Å². The average Bonchev–Trinajstić information content (AvgIpc) is 3.08. The molecule has 1 unspecified atom stereocenters. The third kappa shape index (κ3) is 2.80. The Bertz CT molecular complexity index is 361. The molecule has 1 aliphatic rings. The maximum absolute atomic E-state index is 13.1. The van der Waals surface area contributed by atoms with E-state index in [2.05, 4.69) is 5.43 Å². The van der Waals surface area contributed by atoms with Gasteiger partial charge in [0.05, 0.1) is 0 Å². The number of rotatable bonds is 5. The molecule has 16 heavy (non-hydrogen) atoms. The summed E-state index contributed by atoms with van der Waals surface area (Å²) >= 11 is 0. The maximum atomic E-state index is 13.1. The summed E-state index contributed by atoms with van der Waals surface area (Å²) in [4.78, 5) is 0. The molecule has 1 fully saturated rings. The van der Waals surface area contributed by atoms with Crippen molar-refractivity contribution >= 4 is 0 Å². The fourth-order valence-electron chi connectivity index (χ4n) is 2.04. The Labute approximate surface area is 96.0 Å². The normalized spacial score (nSPS) is 17.4. The summed E-state index contributed by atoms with van der Waals surface area (Å²) in [5.41, 5.74) is 4.60. The number of nitrogens with one attached hydrogen (secondary N) is 1. The molecule has 0 aromatic heterocycles. The molecule has 1 aromatic carbocycles. The third-order valence-electron chi connectivity index (χ3n) is 3.35. The van der Waals surface area contributed by atoms with Crippen LogP contribution >= 0.6 is 0 Å². The van der Waals surface area contributed by atoms with E-state index in [1.165, 1.54) is 25.3 Å². The van der Waals surface area contributed by atoms with Crippen LogP contribution in [0.15, 0.2) is 18.2 Å². The van der Waals surface area contributed by atoms with Gasteiger partial charge in [-0.1, -0.05) is 25.0 Å². The Balaban J connectivity index is 2.02. The second-order valence-electron chi connectivity index (χ2n) is 4.75. The molecular formula is C13H19FN2. The highest BCUT2D eigenvalue weighted by Gasteiger charge is 2.22. The topological polar surface area (TPSA) is 38.0 Å². The SMILES string of the molecule is Cc1cc(C(CCC2CC2)NN)ccc1F. The van der Waals surface area contributed by atoms with Crippen LogP contribution in [0.4, 0.5) is 4.39 Å². The van der Waals surface area contributed by atoms with Gasteiger partial charge < -0.3 is 0 Å². The Morgan fingerprint density at radius 3 is 2.81 bits per heavy atom. The molecule has 1 atom stereocenters. The number of benzene rings is 1. The smallest absolute Gasteiger partial charge is 0.126 e. The molecule has 88 valence electrons. The Morgan fingerprint density at radius 2 is 2.25 bits per heavy atom. The summed E-state index contributed by atoms with van der Waals surface area (Å²) in [6, 6.07) is 5.37. The molecule has 0 bridgehead atoms. The van der Waals surface area contributed by atoms with Crippen LogP contribution in [0.1, 0.15) is 42.9 Å². The lowest BCUT2D eigenvalue weighted by atomic mass is 9.99. The van der Waals surface area contributed by atoms with Crippen LogP contribution in [0.5, 0.6) is 0 Å². The van der Waals surface area contributed by atoms with Crippen LogP contribution < -0.4 is 11.3 Å². The van der Waals surface area contributed by atoms with E-state index in [0.29, 0.717) is 5.56 Å². The lowest BCUT2D eigenvalue weighted by Gasteiger charge is -2.16. The molecule has 0 spiro atoms. The summed E-state index contributed by atoms with van der Waals surface area (Å²) in [7, 11) is 0. The summed E-state index contributed by atoms with van der Waals surface area (Å²) in [6.45, 7) is 1.79. The molecular weight excluding hydrogens is 203 g/mol. The van der Waals surface area contributed by atoms with Gasteiger partial charge in [0.25, 0.3) is 0 Å². The highest BCUT2D eigenvalue weighted by atomic mass is 19.1. The number of hydrogen-bond acceptors (Lipinski definition) is 2. The van der Waals surface area contributed by atoms with Crippen LogP contribution in [0.2, 0.25) is 0 Å². The molecule has 2 rings (SSSR count). The van der Waals surface area contributed by atoms with Gasteiger partial charge >= 0.3 is 0 Å². The van der Waals surface area contributed by atoms with Gasteiger partial charge in [-0.2, -0.15) is 0 Å². The van der Waals surface area contributed by atoms with Gasteiger partial charge in [0.15, 0.2) is 0 Å². The number of halogens is 1. The van der Waals surface area contributed by atoms with Crippen LogP contribution in [-0.4, -0.2) is 0 Å². The van der Waals surface area contributed by atoms with Crippen molar-refractivity contribution in [2.45, 2.75) is 38.6 Å². The third-order valence-corrected chi connectivity index (χ3v) is 3.35. The molecule has 1 aromatic rings. The van der Waals surface area contributed by atoms with Crippen molar-refractivity contribution in [3.05, 3.63) is 35.1 Å². The Morgan fingerprint density at radius 1 is 1.50 bits per heavy atom. The molecule has 3 heteroatoms. The maximum Gasteiger partial charge on any atom is 0.126 e. The van der Waals surface area contributed by atoms with Gasteiger partial charge in [-0.05, 0) is 42.9 Å². The van der Waals surface area contributed by atoms with E-state index in [1.807, 2.05) is 12.1 Å². The van der Waals surface area contributed by atoms with Crippen molar-refractivity contribution in [2.75, 3.05) is 0 Å². The van der Waals surface area contributed by atoms with E-state index in [4.69, 9.17) is 5.84 Å². The predicted molar refractivity (Wildman–Crippen MR) is 63.2 cm³/mol. The zero-order valence-electron chi connectivity index (χ0n) is 9.67. The van der Waals surface area contributed by atoms with Crippen molar-refractivity contribution in [1.29, 1.82) is 0 Å². The average molecular weight is 222 g/mol. The molecule has 0 radical (unpaired) electrons. The zero-order chi connectivity index (χ0) is 11.5. The van der Waals surface area contributed by atoms with Gasteiger partial charge in [-0.3, -0.25) is 11.3 Å². The molecule has 0 saturated heterocycles. The molecule has 0 heterocycles. The van der Waals surface area contributed by atoms with E-state index in [9.17, 15) is 4.39 Å². The van der Waals surface area contributed by atoms with Crippen LogP contribution in [0.25, 0.3) is 0 Å². The van der Waals surface area contributed by atoms with Gasteiger partial charge in [-0.15, -0.1) is 0 Å². The minimum atomic E-state index is -0.151. The van der Waals surface area contributed by atoms with Crippen molar-refractivity contribution in [3.63, 3.8) is 0 Å². The lowest BCUT2D eigenvalue weighted by molar-refractivity contribution is 0.480. The van der Waals surface area contributed by atoms with Gasteiger partial charge in [0.1, 0.15) is 5.82 Å². The van der Waals surface area contributed by atoms with E-state index in [0.717, 1.165) is 17.9 Å². The monoisotopic (exact) mass is 222 g/mol. The first kappa shape index (κ1) is 11.6. The molecule has 1 saturated carbocycles. The summed E-state index contributed by atoms with van der Waals surface area (Å²) in [5.74, 6) is 6.30. The minimum absolute atomic E-state index is 0.151. The largest absolute Gasteiger partial charge is 0.271 e. The quantitative estimate of drug-likeness (QED) is 0.594. The Kier molecular flexibility index (Phi) is 3.56. The summed E-state index contributed by atoms with van der Waals surface area (Å²) < 4.78 is 13.1. The van der Waals surface area contributed by atoms with Gasteiger partial charge in [0.2, 0.25) is 0 Å². The fraction of sp³-hybridized carbons (Fsp3) is 0.538. The minimum Gasteiger partial charge on any atom is -0.271 e. The molecule has 2 nitrogen and oxygen atoms in total. The first-order valence-corrected chi connectivity index (χ1v) is 5.93. The lowest BCUT2D eigenvalue weighted by Crippen LogP contribution is -2.28. The van der Waals surface area contributed by atoms with E-state index < -0.39 is 0 Å². The van der Waals surface area contributed by atoms with Gasteiger partial charge in [-0.25, -0.2) is 4.39 Å². The second-order valence-corrected chi connectivity index (χ2v) is 4.75. The molecule has 0 amide bonds. The van der Waals surface area contributed by atoms with E-state index >= 15 is 0 Å². The highest BCUT2D eigenvalue weighted by Crippen LogP contribution is 2.35. The fourth-order valence-corrected chi connectivity index (χ4v) is 2.04.